The number of benzene rings is 4. The van der Waals surface area contributed by atoms with Gasteiger partial charge in [0, 0.05) is 71.5 Å². The van der Waals surface area contributed by atoms with Crippen LogP contribution in [0, 0.1) is 0 Å². The fraction of sp³-hybridized carbons (Fsp3) is 0.275. The molecule has 1 aliphatic carbocycles. The summed E-state index contributed by atoms with van der Waals surface area (Å²) in [4.78, 5) is 44.7. The van der Waals surface area contributed by atoms with Crippen LogP contribution >= 0.6 is 27.3 Å². The smallest absolute Gasteiger partial charge is 0.255 e. The second-order valence-corrected chi connectivity index (χ2v) is 15.2. The number of aromatic hydroxyl groups is 1. The maximum absolute atomic E-state index is 13.1. The number of piperazine rings is 1. The molecular weight excluding hydrogens is 730 g/mol. The average molecular weight is 767 g/mol. The summed E-state index contributed by atoms with van der Waals surface area (Å²) in [6.07, 6.45) is 0.711. The van der Waals surface area contributed by atoms with Gasteiger partial charge in [-0.15, -0.1) is 11.3 Å². The van der Waals surface area contributed by atoms with E-state index in [0.717, 1.165) is 80.5 Å². The molecule has 9 nitrogen and oxygen atoms in total. The van der Waals surface area contributed by atoms with Crippen LogP contribution in [0.25, 0.3) is 20.5 Å². The summed E-state index contributed by atoms with van der Waals surface area (Å²) < 4.78 is 14.5. The van der Waals surface area contributed by atoms with E-state index >= 15 is 0 Å². The van der Waals surface area contributed by atoms with Gasteiger partial charge < -0.3 is 24.4 Å². The molecule has 11 heteroatoms. The number of amides is 1. The lowest BCUT2D eigenvalue weighted by molar-refractivity contribution is -0.133. The molecule has 0 spiro atoms. The summed E-state index contributed by atoms with van der Waals surface area (Å²) in [7, 11) is 0. The van der Waals surface area contributed by atoms with Gasteiger partial charge in [-0.3, -0.25) is 19.3 Å². The predicted octanol–water partition coefficient (Wildman–Crippen LogP) is 7.68. The summed E-state index contributed by atoms with van der Waals surface area (Å²) in [5.74, 6) is 2.17. The number of halogens is 1. The van der Waals surface area contributed by atoms with Gasteiger partial charge in [0.15, 0.2) is 11.5 Å². The van der Waals surface area contributed by atoms with Gasteiger partial charge in [-0.2, -0.15) is 0 Å². The van der Waals surface area contributed by atoms with E-state index < -0.39 is 6.04 Å². The van der Waals surface area contributed by atoms with Crippen molar-refractivity contribution in [1.29, 1.82) is 0 Å². The number of rotatable bonds is 9. The SMILES string of the molecule is O=C1CCC(N2Cc3cc(N4CCN(CCOc5ccc(Oc6c(-c7ccc(Br)cc7)sc7cc(O)ccc67)cc5)CC4)ccc3C2=O)C(=O)C1. The number of phenolic OH excluding ortho intramolecular Hbond substituents is 1. The number of carbonyl (C=O) groups excluding carboxylic acids is 3. The van der Waals surface area contributed by atoms with Gasteiger partial charge in [0.2, 0.25) is 0 Å². The van der Waals surface area contributed by atoms with Crippen molar-refractivity contribution < 1.29 is 29.0 Å². The van der Waals surface area contributed by atoms with Crippen LogP contribution in [0.1, 0.15) is 35.2 Å². The zero-order valence-corrected chi connectivity index (χ0v) is 30.3. The molecule has 8 rings (SSSR count). The molecule has 1 saturated carbocycles. The number of hydrogen-bond donors (Lipinski definition) is 1. The van der Waals surface area contributed by atoms with E-state index in [4.69, 9.17) is 9.47 Å². The first-order chi connectivity index (χ1) is 24.8. The van der Waals surface area contributed by atoms with Crippen LogP contribution in [-0.4, -0.2) is 77.8 Å². The third-order valence-electron chi connectivity index (χ3n) is 9.93. The number of nitrogens with zero attached hydrogens (tertiary/aromatic N) is 3. The minimum absolute atomic E-state index is 0.0346. The van der Waals surface area contributed by atoms with Crippen molar-refractivity contribution in [3.8, 4) is 33.4 Å². The number of ketones is 2. The van der Waals surface area contributed by atoms with Gasteiger partial charge in [-0.05, 0) is 90.3 Å². The van der Waals surface area contributed by atoms with Crippen LogP contribution in [0.2, 0.25) is 0 Å². The first-order valence-electron chi connectivity index (χ1n) is 17.2. The van der Waals surface area contributed by atoms with Gasteiger partial charge in [-0.25, -0.2) is 0 Å². The Morgan fingerprint density at radius 2 is 1.63 bits per heavy atom. The zero-order chi connectivity index (χ0) is 35.1. The first kappa shape index (κ1) is 33.4. The molecule has 5 aromatic rings. The Balaban J connectivity index is 0.838. The van der Waals surface area contributed by atoms with E-state index in [2.05, 4.69) is 43.9 Å². The Hall–Kier alpha value is -4.71. The van der Waals surface area contributed by atoms with Crippen molar-refractivity contribution in [3.05, 3.63) is 101 Å². The number of hydrogen-bond acceptors (Lipinski definition) is 9. The number of phenols is 1. The molecule has 4 aromatic carbocycles. The number of ether oxygens (including phenoxy) is 2. The lowest BCUT2D eigenvalue weighted by Gasteiger charge is -2.36. The second-order valence-electron chi connectivity index (χ2n) is 13.2. The molecule has 0 bridgehead atoms. The number of Topliss-reactive ketones (excluding diaryl/α,β-unsaturated/α-hetero) is 2. The zero-order valence-electron chi connectivity index (χ0n) is 27.8. The summed E-state index contributed by atoms with van der Waals surface area (Å²) in [6.45, 7) is 5.32. The van der Waals surface area contributed by atoms with Crippen molar-refractivity contribution in [2.75, 3.05) is 44.2 Å². The maximum Gasteiger partial charge on any atom is 0.255 e. The molecule has 3 aliphatic rings. The number of anilines is 1. The van der Waals surface area contributed by atoms with Crippen molar-refractivity contribution in [2.45, 2.75) is 31.8 Å². The molecule has 1 amide bonds. The summed E-state index contributed by atoms with van der Waals surface area (Å²) >= 11 is 5.10. The van der Waals surface area contributed by atoms with E-state index in [9.17, 15) is 19.5 Å². The molecule has 2 fully saturated rings. The third kappa shape index (κ3) is 6.98. The molecule has 51 heavy (non-hydrogen) atoms. The molecule has 1 atom stereocenters. The van der Waals surface area contributed by atoms with E-state index in [0.29, 0.717) is 37.3 Å². The molecule has 260 valence electrons. The van der Waals surface area contributed by atoms with Crippen LogP contribution in [0.5, 0.6) is 23.0 Å². The predicted molar refractivity (Wildman–Crippen MR) is 201 cm³/mol. The minimum atomic E-state index is -0.497. The van der Waals surface area contributed by atoms with Crippen LogP contribution in [-0.2, 0) is 16.1 Å². The van der Waals surface area contributed by atoms with Gasteiger partial charge in [0.05, 0.1) is 17.3 Å². The van der Waals surface area contributed by atoms with Crippen LogP contribution in [0.4, 0.5) is 5.69 Å². The summed E-state index contributed by atoms with van der Waals surface area (Å²) in [5.41, 5.74) is 3.73. The second kappa shape index (κ2) is 14.1. The van der Waals surface area contributed by atoms with Crippen molar-refractivity contribution in [1.82, 2.24) is 9.80 Å². The number of carbonyl (C=O) groups is 3. The monoisotopic (exact) mass is 765 g/mol. The highest BCUT2D eigenvalue weighted by Gasteiger charge is 2.39. The topological polar surface area (TPSA) is 99.6 Å². The van der Waals surface area contributed by atoms with Crippen LogP contribution in [0.15, 0.2) is 89.4 Å². The molecule has 1 aromatic heterocycles. The normalized spacial score (nSPS) is 18.1. The largest absolute Gasteiger partial charge is 0.508 e. The molecule has 1 unspecified atom stereocenters. The minimum Gasteiger partial charge on any atom is -0.508 e. The Bertz CT molecular complexity index is 2130. The number of fused-ring (bicyclic) bond motifs is 2. The fourth-order valence-corrected chi connectivity index (χ4v) is 8.60. The average Bonchev–Trinajstić information content (AvgIpc) is 3.65. The summed E-state index contributed by atoms with van der Waals surface area (Å²) in [6, 6.07) is 26.6. The molecule has 0 radical (unpaired) electrons. The molecule has 2 aliphatic heterocycles. The molecule has 3 heterocycles. The first-order valence-corrected chi connectivity index (χ1v) is 18.8. The van der Waals surface area contributed by atoms with E-state index in [1.165, 1.54) is 0 Å². The Kier molecular flexibility index (Phi) is 9.26. The van der Waals surface area contributed by atoms with Gasteiger partial charge in [0.25, 0.3) is 5.91 Å². The highest BCUT2D eigenvalue weighted by Crippen LogP contribution is 2.47. The Morgan fingerprint density at radius 3 is 2.39 bits per heavy atom. The third-order valence-corrected chi connectivity index (χ3v) is 11.6. The molecule has 1 saturated heterocycles. The highest BCUT2D eigenvalue weighted by molar-refractivity contribution is 9.10. The fourth-order valence-electron chi connectivity index (χ4n) is 7.17. The van der Waals surface area contributed by atoms with Gasteiger partial charge >= 0.3 is 0 Å². The Labute approximate surface area is 308 Å². The lowest BCUT2D eigenvalue weighted by atomic mass is 9.92. The van der Waals surface area contributed by atoms with E-state index in [1.807, 2.05) is 54.6 Å². The maximum atomic E-state index is 13.1. The van der Waals surface area contributed by atoms with Crippen molar-refractivity contribution >= 4 is 60.5 Å². The van der Waals surface area contributed by atoms with Crippen LogP contribution in [0.3, 0.4) is 0 Å². The van der Waals surface area contributed by atoms with Crippen LogP contribution < -0.4 is 14.4 Å². The van der Waals surface area contributed by atoms with E-state index in [-0.39, 0.29) is 29.6 Å². The Morgan fingerprint density at radius 1 is 0.863 bits per heavy atom. The quantitative estimate of drug-likeness (QED) is 0.153. The van der Waals surface area contributed by atoms with Crippen molar-refractivity contribution in [3.63, 3.8) is 0 Å². The summed E-state index contributed by atoms with van der Waals surface area (Å²) in [5, 5.41) is 11.0. The van der Waals surface area contributed by atoms with E-state index in [1.54, 1.807) is 28.4 Å². The highest BCUT2D eigenvalue weighted by atomic mass is 79.9. The molecule has 1 N–H and O–H groups in total. The standard InChI is InChI=1S/C40H36BrN3O6S/c41-27-3-1-25(2-4-27)39-38(34-13-6-30(46)23-37(34)51-39)50-32-10-8-31(9-11-32)49-20-19-42-15-17-43(18-16-42)28-5-12-33-26(21-28)24-44(40(33)48)35-14-7-29(45)22-36(35)47/h1-6,8-13,21,23,35,46H,7,14-20,22,24H2. The van der Waals surface area contributed by atoms with Gasteiger partial charge in [-0.1, -0.05) is 28.1 Å². The van der Waals surface area contributed by atoms with Crippen molar-refractivity contribution in [2.24, 2.45) is 0 Å². The van der Waals surface area contributed by atoms with Gasteiger partial charge in [0.1, 0.15) is 29.6 Å². The number of thiophene rings is 1. The lowest BCUT2D eigenvalue weighted by Crippen LogP contribution is -2.47. The molecular formula is C40H36BrN3O6S.